The lowest BCUT2D eigenvalue weighted by Gasteiger charge is -2.15. The van der Waals surface area contributed by atoms with Crippen molar-refractivity contribution in [1.29, 1.82) is 0 Å². The van der Waals surface area contributed by atoms with E-state index < -0.39 is 0 Å². The van der Waals surface area contributed by atoms with Crippen LogP contribution in [0, 0.1) is 5.82 Å². The normalized spacial score (nSPS) is 16.4. The van der Waals surface area contributed by atoms with Gasteiger partial charge >= 0.3 is 0 Å². The second kappa shape index (κ2) is 3.78. The Bertz CT molecular complexity index is 351. The first kappa shape index (κ1) is 9.19. The summed E-state index contributed by atoms with van der Waals surface area (Å²) in [6, 6.07) is 6.60. The van der Waals surface area contributed by atoms with Crippen molar-refractivity contribution in [2.45, 2.75) is 19.4 Å². The number of amides is 1. The molecule has 1 heterocycles. The molecule has 1 amide bonds. The zero-order valence-electron chi connectivity index (χ0n) is 7.87. The largest absolute Gasteiger partial charge is 0.338 e. The number of halogens is 1. The van der Waals surface area contributed by atoms with Gasteiger partial charge in [0.15, 0.2) is 0 Å². The number of nitrogens with zero attached hydrogens (tertiary/aromatic N) is 1. The Kier molecular flexibility index (Phi) is 2.48. The highest BCUT2D eigenvalue weighted by atomic mass is 19.1. The predicted molar refractivity (Wildman–Crippen MR) is 51.1 cm³/mol. The zero-order chi connectivity index (χ0) is 9.97. The summed E-state index contributed by atoms with van der Waals surface area (Å²) in [6.07, 6.45) is 1.50. The summed E-state index contributed by atoms with van der Waals surface area (Å²) >= 11 is 0. The van der Waals surface area contributed by atoms with Gasteiger partial charge in [-0.1, -0.05) is 18.2 Å². The molecular formula is C11H12FNO. The van der Waals surface area contributed by atoms with Crippen molar-refractivity contribution in [1.82, 2.24) is 4.90 Å². The third-order valence-electron chi connectivity index (χ3n) is 2.49. The van der Waals surface area contributed by atoms with Gasteiger partial charge in [0.25, 0.3) is 0 Å². The molecule has 2 rings (SSSR count). The van der Waals surface area contributed by atoms with Crippen LogP contribution in [0.15, 0.2) is 24.3 Å². The number of carbonyl (C=O) groups is 1. The van der Waals surface area contributed by atoms with Gasteiger partial charge in [-0.05, 0) is 12.5 Å². The standard InChI is InChI=1S/C11H12FNO/c12-10-5-2-1-4-9(10)8-13-7-3-6-11(13)14/h1-2,4-5H,3,6-8H2. The second-order valence-corrected chi connectivity index (χ2v) is 3.51. The first-order chi connectivity index (χ1) is 6.77. The van der Waals surface area contributed by atoms with Crippen LogP contribution < -0.4 is 0 Å². The van der Waals surface area contributed by atoms with Crippen LogP contribution in [0.4, 0.5) is 4.39 Å². The molecule has 0 spiro atoms. The smallest absolute Gasteiger partial charge is 0.222 e. The van der Waals surface area contributed by atoms with E-state index in [4.69, 9.17) is 0 Å². The first-order valence-electron chi connectivity index (χ1n) is 4.78. The molecular weight excluding hydrogens is 181 g/mol. The number of carbonyl (C=O) groups excluding carboxylic acids is 1. The minimum Gasteiger partial charge on any atom is -0.338 e. The van der Waals surface area contributed by atoms with Crippen LogP contribution >= 0.6 is 0 Å². The number of benzene rings is 1. The van der Waals surface area contributed by atoms with Crippen molar-refractivity contribution < 1.29 is 9.18 Å². The Hall–Kier alpha value is -1.38. The molecule has 0 bridgehead atoms. The zero-order valence-corrected chi connectivity index (χ0v) is 7.87. The Morgan fingerprint density at radius 2 is 2.14 bits per heavy atom. The quantitative estimate of drug-likeness (QED) is 0.703. The fourth-order valence-electron chi connectivity index (χ4n) is 1.70. The second-order valence-electron chi connectivity index (χ2n) is 3.51. The van der Waals surface area contributed by atoms with Gasteiger partial charge in [-0.15, -0.1) is 0 Å². The van der Waals surface area contributed by atoms with Crippen LogP contribution in [-0.2, 0) is 11.3 Å². The molecule has 1 aromatic carbocycles. The molecule has 1 aliphatic heterocycles. The summed E-state index contributed by atoms with van der Waals surface area (Å²) in [5.74, 6) is -0.0968. The molecule has 1 aliphatic rings. The number of hydrogen-bond acceptors (Lipinski definition) is 1. The van der Waals surface area contributed by atoms with Gasteiger partial charge in [-0.2, -0.15) is 0 Å². The van der Waals surface area contributed by atoms with Gasteiger partial charge < -0.3 is 4.90 Å². The maximum Gasteiger partial charge on any atom is 0.222 e. The van der Waals surface area contributed by atoms with E-state index in [1.54, 1.807) is 23.1 Å². The summed E-state index contributed by atoms with van der Waals surface area (Å²) in [7, 11) is 0. The maximum absolute atomic E-state index is 13.2. The molecule has 1 saturated heterocycles. The minimum atomic E-state index is -0.229. The van der Waals surface area contributed by atoms with Crippen LogP contribution in [-0.4, -0.2) is 17.4 Å². The van der Waals surface area contributed by atoms with Gasteiger partial charge in [0.2, 0.25) is 5.91 Å². The van der Waals surface area contributed by atoms with Crippen molar-refractivity contribution in [2.75, 3.05) is 6.54 Å². The van der Waals surface area contributed by atoms with Gasteiger partial charge in [-0.25, -0.2) is 4.39 Å². The summed E-state index contributed by atoms with van der Waals surface area (Å²) in [4.78, 5) is 13.0. The molecule has 0 atom stereocenters. The highest BCUT2D eigenvalue weighted by molar-refractivity contribution is 5.78. The minimum absolute atomic E-state index is 0.133. The van der Waals surface area contributed by atoms with Crippen molar-refractivity contribution in [3.8, 4) is 0 Å². The van der Waals surface area contributed by atoms with Gasteiger partial charge in [0.1, 0.15) is 5.82 Å². The summed E-state index contributed by atoms with van der Waals surface area (Å²) < 4.78 is 13.2. The van der Waals surface area contributed by atoms with Crippen molar-refractivity contribution in [3.05, 3.63) is 35.6 Å². The fraction of sp³-hybridized carbons (Fsp3) is 0.364. The molecule has 14 heavy (non-hydrogen) atoms. The lowest BCUT2D eigenvalue weighted by Crippen LogP contribution is -2.24. The topological polar surface area (TPSA) is 20.3 Å². The van der Waals surface area contributed by atoms with E-state index in [-0.39, 0.29) is 11.7 Å². The molecule has 0 radical (unpaired) electrons. The fourth-order valence-corrected chi connectivity index (χ4v) is 1.70. The average Bonchev–Trinajstić information content (AvgIpc) is 2.56. The highest BCUT2D eigenvalue weighted by Gasteiger charge is 2.20. The molecule has 1 fully saturated rings. The number of hydrogen-bond donors (Lipinski definition) is 0. The Labute approximate surface area is 82.3 Å². The van der Waals surface area contributed by atoms with E-state index >= 15 is 0 Å². The number of likely N-dealkylation sites (tertiary alicyclic amines) is 1. The van der Waals surface area contributed by atoms with Crippen LogP contribution in [0.25, 0.3) is 0 Å². The summed E-state index contributed by atoms with van der Waals surface area (Å²) in [5, 5.41) is 0. The van der Waals surface area contributed by atoms with Gasteiger partial charge in [0, 0.05) is 25.1 Å². The van der Waals surface area contributed by atoms with Crippen molar-refractivity contribution in [3.63, 3.8) is 0 Å². The van der Waals surface area contributed by atoms with E-state index in [2.05, 4.69) is 0 Å². The van der Waals surface area contributed by atoms with Crippen LogP contribution in [0.3, 0.4) is 0 Å². The van der Waals surface area contributed by atoms with Crippen molar-refractivity contribution >= 4 is 5.91 Å². The molecule has 3 heteroatoms. The molecule has 0 unspecified atom stereocenters. The molecule has 1 aromatic rings. The molecule has 0 aliphatic carbocycles. The van der Waals surface area contributed by atoms with Crippen LogP contribution in [0.2, 0.25) is 0 Å². The highest BCUT2D eigenvalue weighted by Crippen LogP contribution is 2.15. The van der Waals surface area contributed by atoms with E-state index in [1.807, 2.05) is 0 Å². The van der Waals surface area contributed by atoms with Crippen LogP contribution in [0.1, 0.15) is 18.4 Å². The third-order valence-corrected chi connectivity index (χ3v) is 2.49. The van der Waals surface area contributed by atoms with E-state index in [0.717, 1.165) is 13.0 Å². The molecule has 0 aromatic heterocycles. The maximum atomic E-state index is 13.2. The molecule has 0 saturated carbocycles. The average molecular weight is 193 g/mol. The summed E-state index contributed by atoms with van der Waals surface area (Å²) in [6.45, 7) is 1.17. The first-order valence-corrected chi connectivity index (χ1v) is 4.78. The SMILES string of the molecule is O=C1CCCN1Cc1ccccc1F. The Morgan fingerprint density at radius 3 is 2.79 bits per heavy atom. The van der Waals surface area contributed by atoms with E-state index in [1.165, 1.54) is 6.07 Å². The Balaban J connectivity index is 2.10. The lowest BCUT2D eigenvalue weighted by atomic mass is 10.2. The van der Waals surface area contributed by atoms with Gasteiger partial charge in [-0.3, -0.25) is 4.79 Å². The van der Waals surface area contributed by atoms with E-state index in [9.17, 15) is 9.18 Å². The van der Waals surface area contributed by atoms with Crippen LogP contribution in [0.5, 0.6) is 0 Å². The monoisotopic (exact) mass is 193 g/mol. The molecule has 0 N–H and O–H groups in total. The number of rotatable bonds is 2. The molecule has 74 valence electrons. The molecule has 2 nitrogen and oxygen atoms in total. The van der Waals surface area contributed by atoms with Gasteiger partial charge in [0.05, 0.1) is 0 Å². The Morgan fingerprint density at radius 1 is 1.36 bits per heavy atom. The predicted octanol–water partition coefficient (Wildman–Crippen LogP) is 1.95. The summed E-state index contributed by atoms with van der Waals surface area (Å²) in [5.41, 5.74) is 0.600. The lowest BCUT2D eigenvalue weighted by molar-refractivity contribution is -0.128. The van der Waals surface area contributed by atoms with E-state index in [0.29, 0.717) is 18.5 Å². The van der Waals surface area contributed by atoms with Crippen molar-refractivity contribution in [2.24, 2.45) is 0 Å². The third kappa shape index (κ3) is 1.76.